The summed E-state index contributed by atoms with van der Waals surface area (Å²) in [6.45, 7) is 4.94. The highest BCUT2D eigenvalue weighted by atomic mass is 16.1. The molecule has 0 aromatic heterocycles. The highest BCUT2D eigenvalue weighted by molar-refractivity contribution is 5.94. The molecule has 0 heterocycles. The standard InChI is InChI=1S/C19H20N2O/c1-14(2)17-7-3-15(4-8-17)11-12-21-19(22)18-9-5-16(13-20)6-10-18/h3-10,14H,11-12H2,1-2H3,(H,21,22). The van der Waals surface area contributed by atoms with Crippen molar-refractivity contribution in [3.63, 3.8) is 0 Å². The molecule has 0 bridgehead atoms. The third-order valence-corrected chi connectivity index (χ3v) is 3.62. The minimum absolute atomic E-state index is 0.108. The van der Waals surface area contributed by atoms with Gasteiger partial charge in [0.15, 0.2) is 0 Å². The van der Waals surface area contributed by atoms with E-state index in [1.165, 1.54) is 11.1 Å². The predicted octanol–water partition coefficient (Wildman–Crippen LogP) is 3.65. The van der Waals surface area contributed by atoms with E-state index in [4.69, 9.17) is 5.26 Å². The van der Waals surface area contributed by atoms with Crippen molar-refractivity contribution in [3.8, 4) is 6.07 Å². The van der Waals surface area contributed by atoms with Crippen LogP contribution in [0.3, 0.4) is 0 Å². The van der Waals surface area contributed by atoms with Crippen LogP contribution in [0.25, 0.3) is 0 Å². The molecule has 0 unspecified atom stereocenters. The summed E-state index contributed by atoms with van der Waals surface area (Å²) in [5.41, 5.74) is 3.67. The second kappa shape index (κ2) is 7.42. The number of hydrogen-bond acceptors (Lipinski definition) is 2. The van der Waals surface area contributed by atoms with Gasteiger partial charge in [0, 0.05) is 12.1 Å². The average Bonchev–Trinajstić information content (AvgIpc) is 2.55. The zero-order valence-electron chi connectivity index (χ0n) is 13.0. The first-order valence-electron chi connectivity index (χ1n) is 7.47. The van der Waals surface area contributed by atoms with Gasteiger partial charge in [0.05, 0.1) is 11.6 Å². The van der Waals surface area contributed by atoms with E-state index in [1.54, 1.807) is 24.3 Å². The van der Waals surface area contributed by atoms with Crippen LogP contribution in [0.5, 0.6) is 0 Å². The van der Waals surface area contributed by atoms with E-state index in [2.05, 4.69) is 43.4 Å². The Labute approximate surface area is 131 Å². The van der Waals surface area contributed by atoms with Gasteiger partial charge in [-0.25, -0.2) is 0 Å². The van der Waals surface area contributed by atoms with Gasteiger partial charge in [0.2, 0.25) is 0 Å². The van der Waals surface area contributed by atoms with Crippen LogP contribution >= 0.6 is 0 Å². The maximum absolute atomic E-state index is 12.0. The summed E-state index contributed by atoms with van der Waals surface area (Å²) in [7, 11) is 0. The Morgan fingerprint density at radius 1 is 1.09 bits per heavy atom. The van der Waals surface area contributed by atoms with Crippen LogP contribution in [0.2, 0.25) is 0 Å². The Hall–Kier alpha value is -2.60. The van der Waals surface area contributed by atoms with Crippen molar-refractivity contribution in [2.75, 3.05) is 6.54 Å². The van der Waals surface area contributed by atoms with Crippen molar-refractivity contribution in [2.45, 2.75) is 26.2 Å². The van der Waals surface area contributed by atoms with E-state index in [1.807, 2.05) is 6.07 Å². The van der Waals surface area contributed by atoms with E-state index < -0.39 is 0 Å². The fraction of sp³-hybridized carbons (Fsp3) is 0.263. The summed E-state index contributed by atoms with van der Waals surface area (Å²) < 4.78 is 0. The van der Waals surface area contributed by atoms with E-state index in [-0.39, 0.29) is 5.91 Å². The van der Waals surface area contributed by atoms with Crippen LogP contribution in [0.4, 0.5) is 0 Å². The summed E-state index contributed by atoms with van der Waals surface area (Å²) in [6.07, 6.45) is 0.806. The Bertz CT molecular complexity index is 664. The van der Waals surface area contributed by atoms with Crippen LogP contribution in [-0.4, -0.2) is 12.5 Å². The van der Waals surface area contributed by atoms with Crippen LogP contribution in [0.15, 0.2) is 48.5 Å². The first kappa shape index (κ1) is 15.8. The number of carbonyl (C=O) groups excluding carboxylic acids is 1. The van der Waals surface area contributed by atoms with E-state index >= 15 is 0 Å². The number of hydrogen-bond donors (Lipinski definition) is 1. The van der Waals surface area contributed by atoms with Crippen molar-refractivity contribution in [2.24, 2.45) is 0 Å². The zero-order chi connectivity index (χ0) is 15.9. The number of amides is 1. The number of rotatable bonds is 5. The molecular weight excluding hydrogens is 272 g/mol. The Balaban J connectivity index is 1.85. The topological polar surface area (TPSA) is 52.9 Å². The van der Waals surface area contributed by atoms with Crippen molar-refractivity contribution >= 4 is 5.91 Å². The lowest BCUT2D eigenvalue weighted by atomic mass is 10.0. The second-order valence-electron chi connectivity index (χ2n) is 5.59. The smallest absolute Gasteiger partial charge is 0.251 e. The molecule has 2 aromatic carbocycles. The molecule has 1 amide bonds. The van der Waals surface area contributed by atoms with Crippen molar-refractivity contribution in [1.29, 1.82) is 5.26 Å². The monoisotopic (exact) mass is 292 g/mol. The quantitative estimate of drug-likeness (QED) is 0.914. The van der Waals surface area contributed by atoms with E-state index in [0.717, 1.165) is 6.42 Å². The van der Waals surface area contributed by atoms with Gasteiger partial charge in [-0.3, -0.25) is 4.79 Å². The number of nitriles is 1. The minimum Gasteiger partial charge on any atom is -0.352 e. The lowest BCUT2D eigenvalue weighted by Gasteiger charge is -2.08. The summed E-state index contributed by atoms with van der Waals surface area (Å²) in [6, 6.07) is 17.2. The number of nitrogens with zero attached hydrogens (tertiary/aromatic N) is 1. The third-order valence-electron chi connectivity index (χ3n) is 3.62. The second-order valence-corrected chi connectivity index (χ2v) is 5.59. The third kappa shape index (κ3) is 4.20. The number of nitrogens with one attached hydrogen (secondary N) is 1. The molecule has 0 spiro atoms. The lowest BCUT2D eigenvalue weighted by Crippen LogP contribution is -2.25. The normalized spacial score (nSPS) is 10.3. The molecule has 0 aliphatic carbocycles. The van der Waals surface area contributed by atoms with Gasteiger partial charge in [-0.1, -0.05) is 38.1 Å². The van der Waals surface area contributed by atoms with Crippen molar-refractivity contribution in [1.82, 2.24) is 5.32 Å². The van der Waals surface area contributed by atoms with Crippen LogP contribution in [0, 0.1) is 11.3 Å². The predicted molar refractivity (Wildman–Crippen MR) is 87.7 cm³/mol. The van der Waals surface area contributed by atoms with E-state index in [0.29, 0.717) is 23.6 Å². The molecule has 112 valence electrons. The van der Waals surface area contributed by atoms with Gasteiger partial charge in [-0.2, -0.15) is 5.26 Å². The molecule has 3 heteroatoms. The van der Waals surface area contributed by atoms with Gasteiger partial charge in [-0.15, -0.1) is 0 Å². The SMILES string of the molecule is CC(C)c1ccc(CCNC(=O)c2ccc(C#N)cc2)cc1. The van der Waals surface area contributed by atoms with Gasteiger partial charge in [-0.05, 0) is 47.7 Å². The summed E-state index contributed by atoms with van der Waals surface area (Å²) in [4.78, 5) is 12.0. The first-order valence-corrected chi connectivity index (χ1v) is 7.47. The van der Waals surface area contributed by atoms with Crippen LogP contribution in [-0.2, 0) is 6.42 Å². The first-order chi connectivity index (χ1) is 10.6. The number of carbonyl (C=O) groups is 1. The molecule has 22 heavy (non-hydrogen) atoms. The molecule has 0 radical (unpaired) electrons. The Morgan fingerprint density at radius 3 is 2.27 bits per heavy atom. The molecular formula is C19H20N2O. The average molecular weight is 292 g/mol. The molecule has 0 saturated heterocycles. The maximum atomic E-state index is 12.0. The molecule has 0 aliphatic rings. The highest BCUT2D eigenvalue weighted by Crippen LogP contribution is 2.14. The molecule has 0 fully saturated rings. The zero-order valence-corrected chi connectivity index (χ0v) is 13.0. The minimum atomic E-state index is -0.108. The Kier molecular flexibility index (Phi) is 5.32. The summed E-state index contributed by atoms with van der Waals surface area (Å²) in [5.74, 6) is 0.424. The van der Waals surface area contributed by atoms with Gasteiger partial charge >= 0.3 is 0 Å². The van der Waals surface area contributed by atoms with Gasteiger partial charge in [0.1, 0.15) is 0 Å². The fourth-order valence-corrected chi connectivity index (χ4v) is 2.19. The summed E-state index contributed by atoms with van der Waals surface area (Å²) >= 11 is 0. The molecule has 0 saturated carbocycles. The van der Waals surface area contributed by atoms with Gasteiger partial charge < -0.3 is 5.32 Å². The highest BCUT2D eigenvalue weighted by Gasteiger charge is 2.05. The Morgan fingerprint density at radius 2 is 1.73 bits per heavy atom. The van der Waals surface area contributed by atoms with Crippen LogP contribution < -0.4 is 5.32 Å². The van der Waals surface area contributed by atoms with Crippen molar-refractivity contribution in [3.05, 3.63) is 70.8 Å². The molecule has 2 aromatic rings. The summed E-state index contributed by atoms with van der Waals surface area (Å²) in [5, 5.41) is 11.6. The largest absolute Gasteiger partial charge is 0.352 e. The lowest BCUT2D eigenvalue weighted by molar-refractivity contribution is 0.0954. The molecule has 0 aliphatic heterocycles. The maximum Gasteiger partial charge on any atom is 0.251 e. The van der Waals surface area contributed by atoms with Gasteiger partial charge in [0.25, 0.3) is 5.91 Å². The number of benzene rings is 2. The molecule has 2 rings (SSSR count). The van der Waals surface area contributed by atoms with Crippen molar-refractivity contribution < 1.29 is 4.79 Å². The molecule has 1 N–H and O–H groups in total. The molecule has 3 nitrogen and oxygen atoms in total. The van der Waals surface area contributed by atoms with Crippen LogP contribution in [0.1, 0.15) is 46.8 Å². The fourth-order valence-electron chi connectivity index (χ4n) is 2.19. The molecule has 0 atom stereocenters. The van der Waals surface area contributed by atoms with E-state index in [9.17, 15) is 4.79 Å².